The fraction of sp³-hybridized carbons (Fsp3) is 0.750. The van der Waals surface area contributed by atoms with E-state index in [0.29, 0.717) is 45.1 Å². The number of carbonyl (C=O) groups is 9. The number of carbonyl (C=O) groups excluding carboxylic acids is 9. The van der Waals surface area contributed by atoms with Crippen molar-refractivity contribution in [3.05, 3.63) is 36.0 Å². The molecule has 107 heavy (non-hydrogen) atoms. The van der Waals surface area contributed by atoms with Crippen LogP contribution < -0.4 is 47.9 Å². The van der Waals surface area contributed by atoms with Crippen molar-refractivity contribution in [1.29, 1.82) is 0 Å². The Kier molecular flexibility index (Phi) is 41.9. The lowest BCUT2D eigenvalue weighted by molar-refractivity contribution is -0.272. The SMILES string of the molecule is CC(=O)NC1C(OCCOCCNC(=O)CCC(NC(=O)CCC(NC(=O)CCCCCCC(=O)NCCCc2cn(C[C@H](O)CO)c3ccccc23)C(=O)NCCOCCOC2OC(CO)C(O)C(O)C2NC(C)=O)C(=O)NCCOCCOC2OC(CO)C(O)C(O)C2NC(C)=O)OC(CO)C(O)C1O. The highest BCUT2D eigenvalue weighted by atomic mass is 16.7. The van der Waals surface area contributed by atoms with Crippen LogP contribution in [0.15, 0.2) is 30.5 Å². The summed E-state index contributed by atoms with van der Waals surface area (Å²) in [7, 11) is 0. The van der Waals surface area contributed by atoms with Crippen molar-refractivity contribution in [1.82, 2.24) is 52.4 Å². The molecule has 3 fully saturated rings. The fourth-order valence-corrected chi connectivity index (χ4v) is 12.0. The standard InChI is InChI=1S/C68H112N10O29/c1-39(83)73-55-61(94)58(91)48(36-80)105-66(55)102-30-27-99-24-21-70-52(88)18-16-45(64(97)71-22-25-100-28-31-103-67-56(74-40(2)84)62(95)59(92)49(37-81)106-67)77-54(90)19-17-46(65(98)72-23-26-101-29-32-104-68-57(75-41(3)85)63(96)60(93)50(38-82)107-68)76-53(89)15-7-5-4-6-14-51(87)69-20-10-11-42-33-78(34-43(86)35-79)47-13-9-8-12-44(42)47/h8-9,12-13,33,43,45-46,48-50,55-63,66-68,79-82,86,91-96H,4-7,10-11,14-32,34-38H2,1-3H3,(H,69,87)(H,70,88)(H,71,97)(H,72,98)(H,73,83)(H,74,84)(H,75,85)(H,76,89)(H,77,90)/t43-,45?,46?,48?,49?,50?,55?,56?,57?,58?,59?,60?,61?,62?,63?,66?,67?,68?/m0/s1. The van der Waals surface area contributed by atoms with Crippen LogP contribution in [-0.2, 0) is 98.7 Å². The largest absolute Gasteiger partial charge is 0.394 e. The van der Waals surface area contributed by atoms with Gasteiger partial charge in [-0.3, -0.25) is 43.2 Å². The zero-order valence-electron chi connectivity index (χ0n) is 60.7. The normalized spacial score (nSPS) is 25.2. The minimum atomic E-state index is -1.55. The lowest BCUT2D eigenvalue weighted by atomic mass is 9.97. The number of unbranched alkanes of at least 4 members (excludes halogenated alkanes) is 3. The molecule has 39 nitrogen and oxygen atoms in total. The molecule has 3 saturated heterocycles. The molecule has 9 amide bonds. The summed E-state index contributed by atoms with van der Waals surface area (Å²) >= 11 is 0. The van der Waals surface area contributed by atoms with Gasteiger partial charge in [0.05, 0.1) is 98.5 Å². The van der Waals surface area contributed by atoms with Crippen LogP contribution in [0.1, 0.15) is 97.0 Å². The predicted molar refractivity (Wildman–Crippen MR) is 372 cm³/mol. The number of aliphatic hydroxyl groups is 11. The quantitative estimate of drug-likeness (QED) is 0.0274. The summed E-state index contributed by atoms with van der Waals surface area (Å²) in [4.78, 5) is 116. The van der Waals surface area contributed by atoms with Crippen LogP contribution in [0, 0.1) is 0 Å². The van der Waals surface area contributed by atoms with Crippen LogP contribution in [0.25, 0.3) is 10.9 Å². The Balaban J connectivity index is 1.15. The van der Waals surface area contributed by atoms with Gasteiger partial charge in [0.25, 0.3) is 0 Å². The Morgan fingerprint density at radius 1 is 0.458 bits per heavy atom. The summed E-state index contributed by atoms with van der Waals surface area (Å²) in [6.07, 6.45) is -13.3. The van der Waals surface area contributed by atoms with Gasteiger partial charge in [0.1, 0.15) is 85.1 Å². The first-order valence-corrected chi connectivity index (χ1v) is 36.1. The number of ether oxygens (including phenoxy) is 9. The molecule has 5 rings (SSSR count). The Morgan fingerprint density at radius 3 is 1.26 bits per heavy atom. The maximum absolute atomic E-state index is 13.8. The molecule has 20 N–H and O–H groups in total. The summed E-state index contributed by atoms with van der Waals surface area (Å²) in [6, 6.07) is 1.51. The van der Waals surface area contributed by atoms with Crippen LogP contribution in [0.5, 0.6) is 0 Å². The van der Waals surface area contributed by atoms with Crippen molar-refractivity contribution in [3.63, 3.8) is 0 Å². The molecule has 3 aliphatic rings. The molecule has 4 heterocycles. The smallest absolute Gasteiger partial charge is 0.242 e. The maximum Gasteiger partial charge on any atom is 0.242 e. The van der Waals surface area contributed by atoms with Gasteiger partial charge in [-0.25, -0.2) is 0 Å². The van der Waals surface area contributed by atoms with E-state index >= 15 is 0 Å². The van der Waals surface area contributed by atoms with E-state index in [2.05, 4.69) is 47.9 Å². The Morgan fingerprint density at radius 2 is 0.841 bits per heavy atom. The number of aliphatic hydroxyl groups excluding tert-OH is 11. The van der Waals surface area contributed by atoms with E-state index in [0.717, 1.165) is 16.5 Å². The van der Waals surface area contributed by atoms with Crippen LogP contribution in [0.4, 0.5) is 0 Å². The fourth-order valence-electron chi connectivity index (χ4n) is 12.0. The van der Waals surface area contributed by atoms with Crippen molar-refractivity contribution in [2.24, 2.45) is 0 Å². The maximum atomic E-state index is 13.8. The molecule has 3 aliphatic heterocycles. The average Bonchev–Trinajstić information content (AvgIpc) is 1.79. The van der Waals surface area contributed by atoms with Gasteiger partial charge in [0, 0.05) is 89.7 Å². The van der Waals surface area contributed by atoms with E-state index in [1.807, 2.05) is 35.0 Å². The summed E-state index contributed by atoms with van der Waals surface area (Å²) in [5.74, 6) is -5.08. The molecule has 0 aliphatic carbocycles. The summed E-state index contributed by atoms with van der Waals surface area (Å²) in [5, 5.41) is 136. The Bertz CT molecular complexity index is 3030. The van der Waals surface area contributed by atoms with E-state index < -0.39 is 184 Å². The second-order valence-electron chi connectivity index (χ2n) is 26.0. The highest BCUT2D eigenvalue weighted by Crippen LogP contribution is 2.27. The zero-order chi connectivity index (χ0) is 78.4. The third-order valence-electron chi connectivity index (χ3n) is 17.6. The molecule has 0 radical (unpaired) electrons. The highest BCUT2D eigenvalue weighted by molar-refractivity contribution is 5.90. The third kappa shape index (κ3) is 31.6. The molecule has 39 heteroatoms. The number of nitrogens with one attached hydrogen (secondary N) is 9. The number of para-hydroxylation sites is 1. The Labute approximate surface area is 619 Å². The molecule has 2 aromatic rings. The van der Waals surface area contributed by atoms with Crippen LogP contribution >= 0.6 is 0 Å². The van der Waals surface area contributed by atoms with Crippen molar-refractivity contribution in [3.8, 4) is 0 Å². The van der Waals surface area contributed by atoms with Crippen molar-refractivity contribution < 1.29 is 142 Å². The van der Waals surface area contributed by atoms with Crippen molar-refractivity contribution in [2.45, 2.75) is 214 Å². The second kappa shape index (κ2) is 49.4. The van der Waals surface area contributed by atoms with Crippen molar-refractivity contribution in [2.75, 3.05) is 112 Å². The van der Waals surface area contributed by atoms with Gasteiger partial charge < -0.3 is 151 Å². The molecule has 0 saturated carbocycles. The Hall–Kier alpha value is -6.81. The summed E-state index contributed by atoms with van der Waals surface area (Å²) in [5.41, 5.74) is 1.98. The van der Waals surface area contributed by atoms with Gasteiger partial charge in [-0.15, -0.1) is 0 Å². The molecule has 17 unspecified atom stereocenters. The monoisotopic (exact) mass is 1530 g/mol. The van der Waals surface area contributed by atoms with Gasteiger partial charge in [-0.05, 0) is 50.2 Å². The van der Waals surface area contributed by atoms with Gasteiger partial charge in [-0.1, -0.05) is 31.0 Å². The van der Waals surface area contributed by atoms with Gasteiger partial charge in [0.2, 0.25) is 53.2 Å². The lowest BCUT2D eigenvalue weighted by Crippen LogP contribution is -2.64. The minimum absolute atomic E-state index is 0.0268. The number of aromatic nitrogens is 1. The van der Waals surface area contributed by atoms with Gasteiger partial charge in [-0.2, -0.15) is 0 Å². The molecular weight excluding hydrogens is 1420 g/mol. The molecule has 1 aromatic carbocycles. The topological polar surface area (TPSA) is 572 Å². The first-order chi connectivity index (χ1) is 51.3. The second-order valence-corrected chi connectivity index (χ2v) is 26.0. The van der Waals surface area contributed by atoms with Crippen LogP contribution in [0.2, 0.25) is 0 Å². The van der Waals surface area contributed by atoms with E-state index in [1.54, 1.807) is 0 Å². The highest BCUT2D eigenvalue weighted by Gasteiger charge is 2.48. The number of amides is 9. The number of benzene rings is 1. The summed E-state index contributed by atoms with van der Waals surface area (Å²) < 4.78 is 52.3. The minimum Gasteiger partial charge on any atom is -0.394 e. The van der Waals surface area contributed by atoms with Crippen LogP contribution in [0.3, 0.4) is 0 Å². The molecule has 0 spiro atoms. The van der Waals surface area contributed by atoms with Gasteiger partial charge >= 0.3 is 0 Å². The van der Waals surface area contributed by atoms with E-state index in [9.17, 15) is 99.3 Å². The number of hydrogen-bond acceptors (Lipinski definition) is 29. The number of hydrogen-bond donors (Lipinski definition) is 20. The van der Waals surface area contributed by atoms with Crippen LogP contribution in [-0.4, -0.2) is 336 Å². The molecule has 608 valence electrons. The average molecular weight is 1530 g/mol. The van der Waals surface area contributed by atoms with E-state index in [-0.39, 0.29) is 130 Å². The number of aryl methyl sites for hydroxylation is 1. The van der Waals surface area contributed by atoms with Gasteiger partial charge in [0.15, 0.2) is 18.9 Å². The zero-order valence-corrected chi connectivity index (χ0v) is 60.7. The number of fused-ring (bicyclic) bond motifs is 1. The van der Waals surface area contributed by atoms with E-state index in [4.69, 9.17) is 42.6 Å². The first-order valence-electron chi connectivity index (χ1n) is 36.1. The number of rotatable bonds is 51. The molecular formula is C68H112N10O29. The lowest BCUT2D eigenvalue weighted by Gasteiger charge is -2.42. The number of nitrogens with zero attached hydrogens (tertiary/aromatic N) is 1. The van der Waals surface area contributed by atoms with E-state index in [1.165, 1.54) is 20.8 Å². The summed E-state index contributed by atoms with van der Waals surface area (Å²) in [6.45, 7) is 0.568. The molecule has 1 aromatic heterocycles. The molecule has 0 bridgehead atoms. The molecule has 18 atom stereocenters. The third-order valence-corrected chi connectivity index (χ3v) is 17.6. The predicted octanol–water partition coefficient (Wildman–Crippen LogP) is -7.81. The first kappa shape index (κ1) is 90.8. The van der Waals surface area contributed by atoms with Crippen molar-refractivity contribution >= 4 is 64.1 Å².